The monoisotopic (exact) mass is 263 g/mol. The molecule has 1 amide bonds. The molecule has 3 rings (SSSR count). The molecule has 0 aromatic heterocycles. The van der Waals surface area contributed by atoms with Gasteiger partial charge in [-0.15, -0.1) is 0 Å². The molecule has 2 fully saturated rings. The third kappa shape index (κ3) is 2.34. The lowest BCUT2D eigenvalue weighted by atomic mass is 9.93. The highest BCUT2D eigenvalue weighted by Crippen LogP contribution is 2.36. The van der Waals surface area contributed by atoms with E-state index >= 15 is 0 Å². The summed E-state index contributed by atoms with van der Waals surface area (Å²) in [6, 6.07) is 10.5. The average molecular weight is 263 g/mol. The van der Waals surface area contributed by atoms with Crippen molar-refractivity contribution in [2.45, 2.75) is 43.6 Å². The Morgan fingerprint density at radius 3 is 2.83 bits per heavy atom. The van der Waals surface area contributed by atoms with Gasteiger partial charge in [-0.2, -0.15) is 0 Å². The molecule has 4 heteroatoms. The summed E-state index contributed by atoms with van der Waals surface area (Å²) in [4.78, 5) is 11.8. The Kier molecular flexibility index (Phi) is 3.46. The Bertz CT molecular complexity index is 423. The van der Waals surface area contributed by atoms with Crippen LogP contribution in [0.15, 0.2) is 30.3 Å². The summed E-state index contributed by atoms with van der Waals surface area (Å²) in [6.45, 7) is 0. The fourth-order valence-corrected chi connectivity index (χ4v) is 3.73. The van der Waals surface area contributed by atoms with Gasteiger partial charge in [-0.25, -0.2) is 9.10 Å². The lowest BCUT2D eigenvalue weighted by Crippen LogP contribution is -2.34. The minimum atomic E-state index is -0.146. The normalized spacial score (nSPS) is 26.9. The van der Waals surface area contributed by atoms with Crippen molar-refractivity contribution in [3.63, 3.8) is 0 Å². The molecule has 96 valence electrons. The summed E-state index contributed by atoms with van der Waals surface area (Å²) >= 11 is 1.59. The van der Waals surface area contributed by atoms with Crippen LogP contribution < -0.4 is 0 Å². The Balaban J connectivity index is 1.63. The molecular formula is C14H17NO2S. The molecule has 0 radical (unpaired) electrons. The zero-order chi connectivity index (χ0) is 12.4. The van der Waals surface area contributed by atoms with Crippen molar-refractivity contribution < 1.29 is 9.53 Å². The number of nitrogens with zero attached hydrogens (tertiary/aromatic N) is 1. The van der Waals surface area contributed by atoms with Crippen molar-refractivity contribution in [3.05, 3.63) is 35.9 Å². The van der Waals surface area contributed by atoms with Gasteiger partial charge in [0, 0.05) is 5.75 Å². The van der Waals surface area contributed by atoms with E-state index in [0.717, 1.165) is 18.6 Å². The van der Waals surface area contributed by atoms with E-state index in [1.807, 2.05) is 22.5 Å². The van der Waals surface area contributed by atoms with Gasteiger partial charge < -0.3 is 4.74 Å². The minimum absolute atomic E-state index is 0.134. The third-order valence-electron chi connectivity index (χ3n) is 3.61. The van der Waals surface area contributed by atoms with Crippen molar-refractivity contribution in [3.8, 4) is 0 Å². The van der Waals surface area contributed by atoms with Crippen LogP contribution in [0.25, 0.3) is 0 Å². The van der Waals surface area contributed by atoms with E-state index in [0.29, 0.717) is 6.04 Å². The molecule has 0 unspecified atom stereocenters. The van der Waals surface area contributed by atoms with E-state index in [2.05, 4.69) is 12.1 Å². The zero-order valence-corrected chi connectivity index (χ0v) is 11.1. The summed E-state index contributed by atoms with van der Waals surface area (Å²) in [5.41, 5.74) is 1.24. The SMILES string of the molecule is O=C1O[C@H]2CCCC[C@H]2N1SCc1ccccc1. The molecule has 18 heavy (non-hydrogen) atoms. The van der Waals surface area contributed by atoms with Gasteiger partial charge in [0.2, 0.25) is 0 Å². The summed E-state index contributed by atoms with van der Waals surface area (Å²) in [5, 5.41) is 0. The van der Waals surface area contributed by atoms with Crippen LogP contribution in [0.1, 0.15) is 31.2 Å². The standard InChI is InChI=1S/C14H17NO2S/c16-14-15(12-8-4-5-9-13(12)17-14)18-10-11-6-2-1-3-7-11/h1-3,6-7,12-13H,4-5,8-10H2/t12-,13+/m1/s1. The van der Waals surface area contributed by atoms with Crippen LogP contribution in [-0.2, 0) is 10.5 Å². The fourth-order valence-electron chi connectivity index (χ4n) is 2.67. The number of carbonyl (C=O) groups excluding carboxylic acids is 1. The highest BCUT2D eigenvalue weighted by atomic mass is 32.2. The highest BCUT2D eigenvalue weighted by molar-refractivity contribution is 7.96. The summed E-state index contributed by atoms with van der Waals surface area (Å²) in [6.07, 6.45) is 4.49. The molecule has 0 spiro atoms. The predicted octanol–water partition coefficient (Wildman–Crippen LogP) is 3.60. The second-order valence-electron chi connectivity index (χ2n) is 4.86. The highest BCUT2D eigenvalue weighted by Gasteiger charge is 2.43. The second-order valence-corrected chi connectivity index (χ2v) is 5.80. The number of benzene rings is 1. The molecule has 2 atom stereocenters. The molecule has 1 aromatic rings. The first-order valence-electron chi connectivity index (χ1n) is 6.51. The van der Waals surface area contributed by atoms with Crippen molar-refractivity contribution in [1.29, 1.82) is 0 Å². The van der Waals surface area contributed by atoms with E-state index in [1.165, 1.54) is 18.4 Å². The lowest BCUT2D eigenvalue weighted by molar-refractivity contribution is 0.113. The van der Waals surface area contributed by atoms with E-state index in [1.54, 1.807) is 11.9 Å². The van der Waals surface area contributed by atoms with Gasteiger partial charge in [-0.3, -0.25) is 0 Å². The van der Waals surface area contributed by atoms with Crippen LogP contribution in [0.3, 0.4) is 0 Å². The Morgan fingerprint density at radius 1 is 1.22 bits per heavy atom. The molecule has 0 bridgehead atoms. The lowest BCUT2D eigenvalue weighted by Gasteiger charge is -2.26. The van der Waals surface area contributed by atoms with Gasteiger partial charge in [-0.05, 0) is 36.8 Å². The summed E-state index contributed by atoms with van der Waals surface area (Å²) in [7, 11) is 0. The van der Waals surface area contributed by atoms with E-state index in [9.17, 15) is 4.79 Å². The molecule has 3 nitrogen and oxygen atoms in total. The van der Waals surface area contributed by atoms with Crippen LogP contribution in [0.5, 0.6) is 0 Å². The zero-order valence-electron chi connectivity index (χ0n) is 10.2. The topological polar surface area (TPSA) is 29.5 Å². The molecule has 1 saturated heterocycles. The maximum Gasteiger partial charge on any atom is 0.420 e. The number of amides is 1. The van der Waals surface area contributed by atoms with Crippen LogP contribution in [0, 0.1) is 0 Å². The van der Waals surface area contributed by atoms with Gasteiger partial charge in [0.25, 0.3) is 0 Å². The molecule has 1 heterocycles. The van der Waals surface area contributed by atoms with Gasteiger partial charge in [0.05, 0.1) is 6.04 Å². The number of ether oxygens (including phenoxy) is 1. The quantitative estimate of drug-likeness (QED) is 0.780. The van der Waals surface area contributed by atoms with Crippen molar-refractivity contribution in [1.82, 2.24) is 4.31 Å². The van der Waals surface area contributed by atoms with E-state index in [4.69, 9.17) is 4.74 Å². The Labute approximate surface area is 112 Å². The maximum atomic E-state index is 11.8. The van der Waals surface area contributed by atoms with Gasteiger partial charge >= 0.3 is 6.09 Å². The first kappa shape index (κ1) is 11.9. The fraction of sp³-hybridized carbons (Fsp3) is 0.500. The Hall–Kier alpha value is -1.16. The van der Waals surface area contributed by atoms with Gasteiger partial charge in [-0.1, -0.05) is 36.8 Å². The second kappa shape index (κ2) is 5.22. The predicted molar refractivity (Wildman–Crippen MR) is 72.1 cm³/mol. The third-order valence-corrected chi connectivity index (χ3v) is 4.77. The number of fused-ring (bicyclic) bond motifs is 1. The van der Waals surface area contributed by atoms with Crippen LogP contribution in [0.2, 0.25) is 0 Å². The van der Waals surface area contributed by atoms with Crippen molar-refractivity contribution in [2.75, 3.05) is 0 Å². The van der Waals surface area contributed by atoms with Crippen LogP contribution >= 0.6 is 11.9 Å². The molecule has 1 aromatic carbocycles. The molecule has 0 N–H and O–H groups in total. The molecule has 1 aliphatic carbocycles. The first-order valence-corrected chi connectivity index (χ1v) is 7.45. The number of hydrogen-bond acceptors (Lipinski definition) is 3. The average Bonchev–Trinajstić information content (AvgIpc) is 2.73. The summed E-state index contributed by atoms with van der Waals surface area (Å²) < 4.78 is 7.29. The smallest absolute Gasteiger partial charge is 0.420 e. The van der Waals surface area contributed by atoms with Crippen LogP contribution in [0.4, 0.5) is 4.79 Å². The molecular weight excluding hydrogens is 246 g/mol. The summed E-state index contributed by atoms with van der Waals surface area (Å²) in [5.74, 6) is 0.832. The number of rotatable bonds is 3. The molecule has 2 aliphatic rings. The number of hydrogen-bond donors (Lipinski definition) is 0. The van der Waals surface area contributed by atoms with Crippen LogP contribution in [-0.4, -0.2) is 22.5 Å². The van der Waals surface area contributed by atoms with Crippen molar-refractivity contribution >= 4 is 18.0 Å². The van der Waals surface area contributed by atoms with E-state index < -0.39 is 0 Å². The maximum absolute atomic E-state index is 11.8. The largest absolute Gasteiger partial charge is 0.443 e. The van der Waals surface area contributed by atoms with Gasteiger partial charge in [0.15, 0.2) is 0 Å². The molecule has 1 saturated carbocycles. The molecule has 1 aliphatic heterocycles. The minimum Gasteiger partial charge on any atom is -0.443 e. The van der Waals surface area contributed by atoms with E-state index in [-0.39, 0.29) is 12.2 Å². The van der Waals surface area contributed by atoms with Gasteiger partial charge in [0.1, 0.15) is 6.10 Å². The first-order chi connectivity index (χ1) is 8.84. The van der Waals surface area contributed by atoms with Crippen molar-refractivity contribution in [2.24, 2.45) is 0 Å². The number of carbonyl (C=O) groups is 1. The Morgan fingerprint density at radius 2 is 2.00 bits per heavy atom.